The highest BCUT2D eigenvalue weighted by molar-refractivity contribution is 5.97. The molecule has 0 fully saturated rings. The Morgan fingerprint density at radius 1 is 1.05 bits per heavy atom. The average Bonchev–Trinajstić information content (AvgIpc) is 2.43. The number of benzene rings is 2. The Bertz CT molecular complexity index is 596. The van der Waals surface area contributed by atoms with Gasteiger partial charge in [-0.05, 0) is 43.0 Å². The minimum Gasteiger partial charge on any atom is -0.294 e. The molecule has 0 aromatic heterocycles. The number of hydrogen-bond acceptors (Lipinski definition) is 1. The maximum atomic E-state index is 12.3. The van der Waals surface area contributed by atoms with E-state index in [1.807, 2.05) is 18.2 Å². The van der Waals surface area contributed by atoms with Crippen LogP contribution in [0.5, 0.6) is 0 Å². The van der Waals surface area contributed by atoms with E-state index in [4.69, 9.17) is 0 Å². The molecule has 0 aliphatic rings. The second-order valence-electron chi connectivity index (χ2n) is 5.08. The molecule has 0 spiro atoms. The predicted molar refractivity (Wildman–Crippen MR) is 79.8 cm³/mol. The molecule has 1 heteroatoms. The highest BCUT2D eigenvalue weighted by atomic mass is 16.1. The Morgan fingerprint density at radius 2 is 1.84 bits per heavy atom. The summed E-state index contributed by atoms with van der Waals surface area (Å²) < 4.78 is 0. The number of carbonyl (C=O) groups excluding carboxylic acids is 1. The van der Waals surface area contributed by atoms with Gasteiger partial charge in [0.2, 0.25) is 0 Å². The fraction of sp³-hybridized carbons (Fsp3) is 0.278. The van der Waals surface area contributed by atoms with Crippen molar-refractivity contribution in [3.8, 4) is 0 Å². The Labute approximate surface area is 115 Å². The van der Waals surface area contributed by atoms with Crippen molar-refractivity contribution >= 4 is 5.78 Å². The van der Waals surface area contributed by atoms with Crippen LogP contribution < -0.4 is 0 Å². The molecule has 2 aromatic carbocycles. The van der Waals surface area contributed by atoms with E-state index < -0.39 is 0 Å². The van der Waals surface area contributed by atoms with Crippen LogP contribution in [-0.4, -0.2) is 5.78 Å². The molecule has 0 bridgehead atoms. The third-order valence-corrected chi connectivity index (χ3v) is 3.51. The van der Waals surface area contributed by atoms with Crippen LogP contribution in [0.2, 0.25) is 0 Å². The number of hydrogen-bond donors (Lipinski definition) is 0. The molecule has 2 rings (SSSR count). The predicted octanol–water partition coefficient (Wildman–Crippen LogP) is 4.29. The van der Waals surface area contributed by atoms with Gasteiger partial charge in [0.15, 0.2) is 5.78 Å². The van der Waals surface area contributed by atoms with E-state index in [1.165, 1.54) is 16.7 Å². The van der Waals surface area contributed by atoms with E-state index in [2.05, 4.69) is 45.0 Å². The molecule has 0 saturated heterocycles. The van der Waals surface area contributed by atoms with Crippen molar-refractivity contribution in [3.05, 3.63) is 70.3 Å². The highest BCUT2D eigenvalue weighted by Gasteiger charge is 2.09. The Hall–Kier alpha value is -1.89. The third-order valence-electron chi connectivity index (χ3n) is 3.51. The van der Waals surface area contributed by atoms with E-state index in [-0.39, 0.29) is 5.78 Å². The van der Waals surface area contributed by atoms with Gasteiger partial charge in [-0.1, -0.05) is 48.9 Å². The second-order valence-corrected chi connectivity index (χ2v) is 5.08. The van der Waals surface area contributed by atoms with E-state index >= 15 is 0 Å². The number of ketones is 1. The molecule has 0 N–H and O–H groups in total. The highest BCUT2D eigenvalue weighted by Crippen LogP contribution is 2.15. The van der Waals surface area contributed by atoms with Gasteiger partial charge in [-0.15, -0.1) is 0 Å². The molecule has 0 heterocycles. The monoisotopic (exact) mass is 252 g/mol. The van der Waals surface area contributed by atoms with Crippen LogP contribution in [0, 0.1) is 13.8 Å². The summed E-state index contributed by atoms with van der Waals surface area (Å²) in [7, 11) is 0. The Kier molecular flexibility index (Phi) is 4.16. The van der Waals surface area contributed by atoms with Crippen LogP contribution in [0.15, 0.2) is 42.5 Å². The maximum Gasteiger partial charge on any atom is 0.167 e. The standard InChI is InChI=1S/C18H20O/c1-4-15-6-5-7-16(11-15)18(19)12-17-10-13(2)8-9-14(17)3/h5-11H,4,12H2,1-3H3. The minimum atomic E-state index is 0.198. The summed E-state index contributed by atoms with van der Waals surface area (Å²) in [6.07, 6.45) is 1.45. The Morgan fingerprint density at radius 3 is 2.58 bits per heavy atom. The minimum absolute atomic E-state index is 0.198. The van der Waals surface area contributed by atoms with Crippen molar-refractivity contribution in [2.45, 2.75) is 33.6 Å². The summed E-state index contributed by atoms with van der Waals surface area (Å²) in [6, 6.07) is 14.2. The molecule has 0 amide bonds. The summed E-state index contributed by atoms with van der Waals surface area (Å²) in [5.74, 6) is 0.198. The quantitative estimate of drug-likeness (QED) is 0.742. The van der Waals surface area contributed by atoms with Crippen LogP contribution in [0.4, 0.5) is 0 Å². The molecule has 0 aliphatic heterocycles. The first-order valence-corrected chi connectivity index (χ1v) is 6.78. The number of rotatable bonds is 4. The first kappa shape index (κ1) is 13.5. The molecule has 0 radical (unpaired) electrons. The molecule has 0 atom stereocenters. The molecule has 98 valence electrons. The SMILES string of the molecule is CCc1cccc(C(=O)Cc2cc(C)ccc2C)c1. The number of carbonyl (C=O) groups is 1. The topological polar surface area (TPSA) is 17.1 Å². The maximum absolute atomic E-state index is 12.3. The van der Waals surface area contributed by atoms with E-state index in [0.717, 1.165) is 17.5 Å². The lowest BCUT2D eigenvalue weighted by atomic mass is 9.97. The van der Waals surface area contributed by atoms with Gasteiger partial charge in [-0.2, -0.15) is 0 Å². The first-order valence-electron chi connectivity index (χ1n) is 6.78. The van der Waals surface area contributed by atoms with Gasteiger partial charge >= 0.3 is 0 Å². The normalized spacial score (nSPS) is 10.5. The van der Waals surface area contributed by atoms with Crippen molar-refractivity contribution in [3.63, 3.8) is 0 Å². The lowest BCUT2D eigenvalue weighted by Gasteiger charge is -2.07. The van der Waals surface area contributed by atoms with Gasteiger partial charge in [-0.3, -0.25) is 4.79 Å². The van der Waals surface area contributed by atoms with Crippen LogP contribution >= 0.6 is 0 Å². The average molecular weight is 252 g/mol. The fourth-order valence-corrected chi connectivity index (χ4v) is 2.23. The van der Waals surface area contributed by atoms with Gasteiger partial charge in [-0.25, -0.2) is 0 Å². The zero-order valence-electron chi connectivity index (χ0n) is 11.9. The number of aryl methyl sites for hydroxylation is 3. The molecule has 0 saturated carbocycles. The lowest BCUT2D eigenvalue weighted by Crippen LogP contribution is -2.05. The zero-order chi connectivity index (χ0) is 13.8. The summed E-state index contributed by atoms with van der Waals surface area (Å²) in [4.78, 5) is 12.3. The zero-order valence-corrected chi connectivity index (χ0v) is 11.9. The summed E-state index contributed by atoms with van der Waals surface area (Å²) >= 11 is 0. The van der Waals surface area contributed by atoms with Crippen LogP contribution in [-0.2, 0) is 12.8 Å². The molecular formula is C18H20O. The molecule has 19 heavy (non-hydrogen) atoms. The van der Waals surface area contributed by atoms with Crippen molar-refractivity contribution < 1.29 is 4.79 Å². The van der Waals surface area contributed by atoms with Crippen LogP contribution in [0.1, 0.15) is 39.5 Å². The molecule has 0 aliphatic carbocycles. The van der Waals surface area contributed by atoms with Crippen molar-refractivity contribution in [2.24, 2.45) is 0 Å². The van der Waals surface area contributed by atoms with Gasteiger partial charge in [0.1, 0.15) is 0 Å². The van der Waals surface area contributed by atoms with Gasteiger partial charge in [0.05, 0.1) is 0 Å². The summed E-state index contributed by atoms with van der Waals surface area (Å²) in [6.45, 7) is 6.23. The molecule has 2 aromatic rings. The molecular weight excluding hydrogens is 232 g/mol. The van der Waals surface area contributed by atoms with Gasteiger partial charge in [0.25, 0.3) is 0 Å². The van der Waals surface area contributed by atoms with E-state index in [0.29, 0.717) is 6.42 Å². The van der Waals surface area contributed by atoms with Crippen LogP contribution in [0.25, 0.3) is 0 Å². The van der Waals surface area contributed by atoms with Crippen LogP contribution in [0.3, 0.4) is 0 Å². The van der Waals surface area contributed by atoms with E-state index in [1.54, 1.807) is 0 Å². The van der Waals surface area contributed by atoms with Crippen molar-refractivity contribution in [2.75, 3.05) is 0 Å². The fourth-order valence-electron chi connectivity index (χ4n) is 2.23. The van der Waals surface area contributed by atoms with Crippen molar-refractivity contribution in [1.82, 2.24) is 0 Å². The first-order chi connectivity index (χ1) is 9.10. The third kappa shape index (κ3) is 3.31. The van der Waals surface area contributed by atoms with E-state index in [9.17, 15) is 4.79 Å². The molecule has 1 nitrogen and oxygen atoms in total. The summed E-state index contributed by atoms with van der Waals surface area (Å²) in [5, 5.41) is 0. The summed E-state index contributed by atoms with van der Waals surface area (Å²) in [5.41, 5.74) is 5.56. The molecule has 0 unspecified atom stereocenters. The van der Waals surface area contributed by atoms with Gasteiger partial charge in [0, 0.05) is 12.0 Å². The van der Waals surface area contributed by atoms with Gasteiger partial charge < -0.3 is 0 Å². The number of Topliss-reactive ketones (excluding diaryl/α,β-unsaturated/α-hetero) is 1. The second kappa shape index (κ2) is 5.83. The van der Waals surface area contributed by atoms with Crippen molar-refractivity contribution in [1.29, 1.82) is 0 Å². The smallest absolute Gasteiger partial charge is 0.167 e. The largest absolute Gasteiger partial charge is 0.294 e. The Balaban J connectivity index is 2.22. The lowest BCUT2D eigenvalue weighted by molar-refractivity contribution is 0.0992.